The van der Waals surface area contributed by atoms with E-state index in [1.54, 1.807) is 36.5 Å². The SMILES string of the molecule is N#CCc1ccc(NC(=O)c2cn3c4c(cc(Br)cc4c2=O)CC3)cc1. The van der Waals surface area contributed by atoms with Crippen LogP contribution in [0.25, 0.3) is 10.9 Å². The number of hydrogen-bond donors (Lipinski definition) is 1. The fourth-order valence-electron chi connectivity index (χ4n) is 3.36. The molecule has 0 saturated carbocycles. The Balaban J connectivity index is 1.71. The monoisotopic (exact) mass is 407 g/mol. The van der Waals surface area contributed by atoms with E-state index in [2.05, 4.69) is 27.3 Å². The number of rotatable bonds is 3. The quantitative estimate of drug-likeness (QED) is 0.719. The van der Waals surface area contributed by atoms with Crippen LogP contribution in [-0.2, 0) is 19.4 Å². The van der Waals surface area contributed by atoms with Crippen molar-refractivity contribution in [3.8, 4) is 6.07 Å². The average Bonchev–Trinajstić information content (AvgIpc) is 3.03. The van der Waals surface area contributed by atoms with Crippen molar-refractivity contribution < 1.29 is 4.79 Å². The molecule has 26 heavy (non-hydrogen) atoms. The number of halogens is 1. The highest BCUT2D eigenvalue weighted by Crippen LogP contribution is 2.28. The van der Waals surface area contributed by atoms with Crippen LogP contribution in [0.4, 0.5) is 5.69 Å². The molecule has 0 fully saturated rings. The van der Waals surface area contributed by atoms with Gasteiger partial charge in [0.05, 0.1) is 18.0 Å². The molecule has 1 aliphatic heterocycles. The predicted octanol–water partition coefficient (Wildman–Crippen LogP) is 3.64. The summed E-state index contributed by atoms with van der Waals surface area (Å²) in [6, 6.07) is 12.9. The summed E-state index contributed by atoms with van der Waals surface area (Å²) in [5.74, 6) is -0.429. The van der Waals surface area contributed by atoms with Gasteiger partial charge in [0.2, 0.25) is 5.43 Å². The average molecular weight is 408 g/mol. The number of carbonyl (C=O) groups is 1. The molecule has 1 aromatic heterocycles. The molecule has 0 unspecified atom stereocenters. The number of amides is 1. The maximum atomic E-state index is 12.9. The van der Waals surface area contributed by atoms with E-state index in [0.717, 1.165) is 34.1 Å². The lowest BCUT2D eigenvalue weighted by molar-refractivity contribution is 0.102. The molecular formula is C20H14BrN3O2. The third-order valence-electron chi connectivity index (χ3n) is 4.58. The zero-order chi connectivity index (χ0) is 18.3. The highest BCUT2D eigenvalue weighted by molar-refractivity contribution is 9.10. The van der Waals surface area contributed by atoms with Crippen LogP contribution in [0.3, 0.4) is 0 Å². The number of carbonyl (C=O) groups excluding carboxylic acids is 1. The van der Waals surface area contributed by atoms with Gasteiger partial charge in [-0.2, -0.15) is 5.26 Å². The number of nitrogens with one attached hydrogen (secondary N) is 1. The first-order valence-electron chi connectivity index (χ1n) is 8.19. The van der Waals surface area contributed by atoms with Gasteiger partial charge in [-0.3, -0.25) is 9.59 Å². The van der Waals surface area contributed by atoms with Gasteiger partial charge in [-0.1, -0.05) is 28.1 Å². The van der Waals surface area contributed by atoms with E-state index in [-0.39, 0.29) is 11.0 Å². The van der Waals surface area contributed by atoms with Crippen molar-refractivity contribution >= 4 is 38.4 Å². The van der Waals surface area contributed by atoms with Crippen LogP contribution in [0.15, 0.2) is 51.9 Å². The van der Waals surface area contributed by atoms with Gasteiger partial charge >= 0.3 is 0 Å². The van der Waals surface area contributed by atoms with E-state index >= 15 is 0 Å². The normalized spacial score (nSPS) is 12.2. The number of aryl methyl sites for hydroxylation is 2. The van der Waals surface area contributed by atoms with Crippen molar-refractivity contribution in [1.82, 2.24) is 4.57 Å². The molecule has 0 spiro atoms. The molecule has 128 valence electrons. The van der Waals surface area contributed by atoms with Crippen molar-refractivity contribution in [3.05, 3.63) is 74.0 Å². The summed E-state index contributed by atoms with van der Waals surface area (Å²) in [7, 11) is 0. The summed E-state index contributed by atoms with van der Waals surface area (Å²) in [5.41, 5.74) is 3.36. The predicted molar refractivity (Wildman–Crippen MR) is 103 cm³/mol. The number of hydrogen-bond acceptors (Lipinski definition) is 3. The third kappa shape index (κ3) is 2.80. The van der Waals surface area contributed by atoms with Crippen LogP contribution < -0.4 is 10.7 Å². The van der Waals surface area contributed by atoms with Crippen LogP contribution >= 0.6 is 15.9 Å². The Hall–Kier alpha value is -2.91. The number of aromatic nitrogens is 1. The van der Waals surface area contributed by atoms with E-state index in [4.69, 9.17) is 5.26 Å². The van der Waals surface area contributed by atoms with Crippen molar-refractivity contribution in [2.75, 3.05) is 5.32 Å². The highest BCUT2D eigenvalue weighted by atomic mass is 79.9. The van der Waals surface area contributed by atoms with Gasteiger partial charge in [0.15, 0.2) is 0 Å². The fourth-order valence-corrected chi connectivity index (χ4v) is 3.86. The van der Waals surface area contributed by atoms with Crippen molar-refractivity contribution in [1.29, 1.82) is 5.26 Å². The van der Waals surface area contributed by atoms with Gasteiger partial charge in [-0.05, 0) is 41.8 Å². The van der Waals surface area contributed by atoms with E-state index < -0.39 is 5.91 Å². The van der Waals surface area contributed by atoms with E-state index in [1.165, 1.54) is 0 Å². The summed E-state index contributed by atoms with van der Waals surface area (Å²) in [6.45, 7) is 0.756. The van der Waals surface area contributed by atoms with Crippen molar-refractivity contribution in [3.63, 3.8) is 0 Å². The molecule has 2 aromatic carbocycles. The molecule has 0 saturated heterocycles. The maximum absolute atomic E-state index is 12.9. The zero-order valence-corrected chi connectivity index (χ0v) is 15.3. The Morgan fingerprint density at radius 1 is 1.27 bits per heavy atom. The van der Waals surface area contributed by atoms with E-state index in [0.29, 0.717) is 17.5 Å². The first-order chi connectivity index (χ1) is 12.6. The van der Waals surface area contributed by atoms with Gasteiger partial charge in [0.1, 0.15) is 5.56 Å². The lowest BCUT2D eigenvalue weighted by Gasteiger charge is -2.10. The Bertz CT molecular complexity index is 1140. The largest absolute Gasteiger partial charge is 0.346 e. The second kappa shape index (κ2) is 6.43. The molecule has 6 heteroatoms. The standard InChI is InChI=1S/C20H14BrN3O2/c21-14-9-13-6-8-24-11-17(19(25)16(10-14)18(13)24)20(26)23-15-3-1-12(2-4-15)5-7-22/h1-4,9-11H,5-6,8H2,(H,23,26). The van der Waals surface area contributed by atoms with E-state index in [9.17, 15) is 9.59 Å². The Labute approximate surface area is 158 Å². The molecule has 4 rings (SSSR count). The smallest absolute Gasteiger partial charge is 0.261 e. The highest BCUT2D eigenvalue weighted by Gasteiger charge is 2.21. The number of anilines is 1. The molecule has 5 nitrogen and oxygen atoms in total. The third-order valence-corrected chi connectivity index (χ3v) is 5.03. The second-order valence-corrected chi connectivity index (χ2v) is 7.18. The topological polar surface area (TPSA) is 74.9 Å². The minimum atomic E-state index is -0.429. The summed E-state index contributed by atoms with van der Waals surface area (Å²) in [6.07, 6.45) is 2.82. The van der Waals surface area contributed by atoms with Crippen LogP contribution in [0.2, 0.25) is 0 Å². The molecule has 1 aliphatic rings. The van der Waals surface area contributed by atoms with Crippen LogP contribution in [-0.4, -0.2) is 10.5 Å². The van der Waals surface area contributed by atoms with E-state index in [1.807, 2.05) is 10.6 Å². The molecule has 0 atom stereocenters. The summed E-state index contributed by atoms with van der Waals surface area (Å²) in [4.78, 5) is 25.5. The minimum Gasteiger partial charge on any atom is -0.346 e. The number of nitrogens with zero attached hydrogens (tertiary/aromatic N) is 2. The van der Waals surface area contributed by atoms with Crippen LogP contribution in [0.5, 0.6) is 0 Å². The van der Waals surface area contributed by atoms with Gasteiger partial charge in [-0.25, -0.2) is 0 Å². The molecule has 3 aromatic rings. The number of pyridine rings is 1. The Morgan fingerprint density at radius 3 is 2.77 bits per heavy atom. The van der Waals surface area contributed by atoms with Gasteiger partial charge in [0.25, 0.3) is 5.91 Å². The number of nitriles is 1. The van der Waals surface area contributed by atoms with Gasteiger partial charge in [-0.15, -0.1) is 0 Å². The number of benzene rings is 2. The summed E-state index contributed by atoms with van der Waals surface area (Å²) in [5, 5.41) is 12.0. The Kier molecular flexibility index (Phi) is 4.09. The Morgan fingerprint density at radius 2 is 2.04 bits per heavy atom. The molecule has 0 aliphatic carbocycles. The summed E-state index contributed by atoms with van der Waals surface area (Å²) < 4.78 is 2.82. The van der Waals surface area contributed by atoms with Crippen molar-refractivity contribution in [2.45, 2.75) is 19.4 Å². The molecule has 0 radical (unpaired) electrons. The van der Waals surface area contributed by atoms with Gasteiger partial charge in [0, 0.05) is 28.3 Å². The zero-order valence-electron chi connectivity index (χ0n) is 13.8. The first kappa shape index (κ1) is 16.6. The van der Waals surface area contributed by atoms with Crippen LogP contribution in [0.1, 0.15) is 21.5 Å². The molecular weight excluding hydrogens is 394 g/mol. The second-order valence-electron chi connectivity index (χ2n) is 6.26. The van der Waals surface area contributed by atoms with Crippen LogP contribution in [0, 0.1) is 11.3 Å². The summed E-state index contributed by atoms with van der Waals surface area (Å²) >= 11 is 3.44. The maximum Gasteiger partial charge on any atom is 0.261 e. The molecule has 1 N–H and O–H groups in total. The fraction of sp³-hybridized carbons (Fsp3) is 0.150. The molecule has 2 heterocycles. The minimum absolute atomic E-state index is 0.129. The van der Waals surface area contributed by atoms with Gasteiger partial charge < -0.3 is 9.88 Å². The molecule has 0 bridgehead atoms. The molecule has 1 amide bonds. The lowest BCUT2D eigenvalue weighted by atomic mass is 10.1. The van der Waals surface area contributed by atoms with Crippen molar-refractivity contribution in [2.24, 2.45) is 0 Å². The first-order valence-corrected chi connectivity index (χ1v) is 8.99. The lowest BCUT2D eigenvalue weighted by Crippen LogP contribution is -2.23.